The Labute approximate surface area is 174 Å². The van der Waals surface area contributed by atoms with Crippen LogP contribution in [-0.2, 0) is 9.59 Å². The van der Waals surface area contributed by atoms with Crippen molar-refractivity contribution in [2.45, 2.75) is 25.3 Å². The quantitative estimate of drug-likeness (QED) is 0.800. The Balaban J connectivity index is 1.52. The van der Waals surface area contributed by atoms with Crippen molar-refractivity contribution in [2.75, 3.05) is 13.1 Å². The molecule has 1 aliphatic heterocycles. The number of likely N-dealkylation sites (tertiary alicyclic amines) is 1. The molecule has 2 atom stereocenters. The van der Waals surface area contributed by atoms with Gasteiger partial charge in [-0.3, -0.25) is 14.4 Å². The van der Waals surface area contributed by atoms with Crippen LogP contribution in [0.15, 0.2) is 66.4 Å². The first kappa shape index (κ1) is 19.9. The molecule has 1 fully saturated rings. The molecule has 2 aromatic carbocycles. The standard InChI is InChI=1S/C24H24N2O4/c1-2-24(25-22(28)18-8-7-16-5-3-4-6-17(16)13-18)11-9-20(14-21(24)27)26-12-10-19(15-26)23(29)30/h3-9,11,13-14,19H,2,10,12,15H2,1H3,(H,25,28)(H,29,30). The molecule has 2 aliphatic rings. The zero-order valence-corrected chi connectivity index (χ0v) is 16.8. The number of nitrogens with zero attached hydrogens (tertiary/aromatic N) is 1. The number of aliphatic carboxylic acids is 1. The number of carboxylic acid groups (broad SMARTS) is 1. The van der Waals surface area contributed by atoms with Crippen molar-refractivity contribution in [3.8, 4) is 0 Å². The molecule has 1 amide bonds. The van der Waals surface area contributed by atoms with Gasteiger partial charge in [-0.25, -0.2) is 0 Å². The number of benzene rings is 2. The molecule has 1 saturated heterocycles. The van der Waals surface area contributed by atoms with E-state index in [4.69, 9.17) is 0 Å². The average molecular weight is 404 g/mol. The summed E-state index contributed by atoms with van der Waals surface area (Å²) in [6, 6.07) is 13.3. The molecule has 30 heavy (non-hydrogen) atoms. The van der Waals surface area contributed by atoms with Crippen LogP contribution >= 0.6 is 0 Å². The maximum Gasteiger partial charge on any atom is 0.308 e. The minimum Gasteiger partial charge on any atom is -0.481 e. The van der Waals surface area contributed by atoms with Gasteiger partial charge < -0.3 is 15.3 Å². The number of allylic oxidation sites excluding steroid dienone is 1. The molecule has 0 aromatic heterocycles. The topological polar surface area (TPSA) is 86.7 Å². The Hall–Kier alpha value is -3.41. The summed E-state index contributed by atoms with van der Waals surface area (Å²) in [5, 5.41) is 14.1. The number of hydrogen-bond acceptors (Lipinski definition) is 4. The van der Waals surface area contributed by atoms with Gasteiger partial charge in [-0.1, -0.05) is 37.3 Å². The molecule has 0 saturated carbocycles. The van der Waals surface area contributed by atoms with Gasteiger partial charge in [-0.05, 0) is 47.9 Å². The zero-order chi connectivity index (χ0) is 21.3. The van der Waals surface area contributed by atoms with Crippen LogP contribution in [-0.4, -0.2) is 46.3 Å². The van der Waals surface area contributed by atoms with Crippen molar-refractivity contribution < 1.29 is 19.5 Å². The van der Waals surface area contributed by atoms with Crippen molar-refractivity contribution in [3.63, 3.8) is 0 Å². The van der Waals surface area contributed by atoms with E-state index in [0.717, 1.165) is 10.8 Å². The molecule has 0 spiro atoms. The molecule has 0 radical (unpaired) electrons. The van der Waals surface area contributed by atoms with Gasteiger partial charge in [0.1, 0.15) is 5.54 Å². The fourth-order valence-corrected chi connectivity index (χ4v) is 4.10. The summed E-state index contributed by atoms with van der Waals surface area (Å²) in [5.74, 6) is -1.73. The van der Waals surface area contributed by atoms with E-state index in [-0.39, 0.29) is 11.7 Å². The lowest BCUT2D eigenvalue weighted by Gasteiger charge is -2.32. The van der Waals surface area contributed by atoms with Crippen LogP contribution in [0.5, 0.6) is 0 Å². The van der Waals surface area contributed by atoms with Gasteiger partial charge >= 0.3 is 5.97 Å². The molecular formula is C24H24N2O4. The van der Waals surface area contributed by atoms with Crippen molar-refractivity contribution in [1.29, 1.82) is 0 Å². The van der Waals surface area contributed by atoms with E-state index in [9.17, 15) is 19.5 Å². The Morgan fingerprint density at radius 1 is 1.20 bits per heavy atom. The summed E-state index contributed by atoms with van der Waals surface area (Å²) in [5.41, 5.74) is 0.104. The summed E-state index contributed by atoms with van der Waals surface area (Å²) in [6.45, 7) is 2.85. The number of rotatable bonds is 5. The van der Waals surface area contributed by atoms with Crippen molar-refractivity contribution in [3.05, 3.63) is 72.0 Å². The first-order chi connectivity index (χ1) is 14.4. The monoisotopic (exact) mass is 404 g/mol. The Kier molecular flexibility index (Phi) is 5.16. The summed E-state index contributed by atoms with van der Waals surface area (Å²) >= 11 is 0. The Bertz CT molecular complexity index is 1090. The van der Waals surface area contributed by atoms with Crippen LogP contribution in [0.2, 0.25) is 0 Å². The highest BCUT2D eigenvalue weighted by Gasteiger charge is 2.38. The fourth-order valence-electron chi connectivity index (χ4n) is 4.10. The molecule has 6 heteroatoms. The minimum atomic E-state index is -1.10. The number of ketones is 1. The highest BCUT2D eigenvalue weighted by Crippen LogP contribution is 2.28. The third-order valence-electron chi connectivity index (χ3n) is 6.07. The van der Waals surface area contributed by atoms with Crippen LogP contribution < -0.4 is 5.32 Å². The SMILES string of the molecule is CCC1(NC(=O)c2ccc3ccccc3c2)C=CC(N2CCC(C(=O)O)C2)=CC1=O. The lowest BCUT2D eigenvalue weighted by molar-refractivity contribution is -0.141. The van der Waals surface area contributed by atoms with Crippen molar-refractivity contribution >= 4 is 28.4 Å². The second kappa shape index (κ2) is 7.78. The maximum atomic E-state index is 13.0. The average Bonchev–Trinajstić information content (AvgIpc) is 3.25. The van der Waals surface area contributed by atoms with E-state index in [2.05, 4.69) is 5.32 Å². The summed E-state index contributed by atoms with van der Waals surface area (Å²) < 4.78 is 0. The molecule has 4 rings (SSSR count). The molecule has 6 nitrogen and oxygen atoms in total. The third-order valence-corrected chi connectivity index (χ3v) is 6.07. The number of nitrogens with one attached hydrogen (secondary N) is 1. The normalized spacial score (nSPS) is 23.5. The largest absolute Gasteiger partial charge is 0.481 e. The maximum absolute atomic E-state index is 13.0. The molecule has 1 heterocycles. The van der Waals surface area contributed by atoms with E-state index in [1.54, 1.807) is 12.1 Å². The number of amides is 1. The highest BCUT2D eigenvalue weighted by molar-refractivity contribution is 6.07. The van der Waals surface area contributed by atoms with Crippen LogP contribution in [0.4, 0.5) is 0 Å². The third kappa shape index (κ3) is 3.61. The smallest absolute Gasteiger partial charge is 0.308 e. The van der Waals surface area contributed by atoms with Crippen LogP contribution in [0.1, 0.15) is 30.1 Å². The highest BCUT2D eigenvalue weighted by atomic mass is 16.4. The number of carboxylic acids is 1. The molecule has 1 aliphatic carbocycles. The van der Waals surface area contributed by atoms with Gasteiger partial charge in [0.05, 0.1) is 5.92 Å². The van der Waals surface area contributed by atoms with Gasteiger partial charge in [-0.15, -0.1) is 0 Å². The van der Waals surface area contributed by atoms with Gasteiger partial charge in [0.2, 0.25) is 0 Å². The van der Waals surface area contributed by atoms with Crippen LogP contribution in [0.25, 0.3) is 10.8 Å². The van der Waals surface area contributed by atoms with E-state index in [0.29, 0.717) is 37.2 Å². The van der Waals surface area contributed by atoms with Crippen LogP contribution in [0, 0.1) is 5.92 Å². The molecule has 2 aromatic rings. The number of carbonyl (C=O) groups is 3. The first-order valence-electron chi connectivity index (χ1n) is 10.2. The van der Waals surface area contributed by atoms with E-state index in [1.807, 2.05) is 54.3 Å². The molecule has 2 N–H and O–H groups in total. The minimum absolute atomic E-state index is 0.199. The summed E-state index contributed by atoms with van der Waals surface area (Å²) in [4.78, 5) is 39.1. The van der Waals surface area contributed by atoms with E-state index >= 15 is 0 Å². The van der Waals surface area contributed by atoms with Crippen molar-refractivity contribution in [2.24, 2.45) is 5.92 Å². The number of carbonyl (C=O) groups excluding carboxylic acids is 2. The second-order valence-electron chi connectivity index (χ2n) is 7.88. The molecular weight excluding hydrogens is 380 g/mol. The predicted molar refractivity (Wildman–Crippen MR) is 114 cm³/mol. The molecule has 0 bridgehead atoms. The summed E-state index contributed by atoms with van der Waals surface area (Å²) in [6.07, 6.45) is 6.05. The van der Waals surface area contributed by atoms with Crippen LogP contribution in [0.3, 0.4) is 0 Å². The predicted octanol–water partition coefficient (Wildman–Crippen LogP) is 3.15. The van der Waals surface area contributed by atoms with Gasteiger partial charge in [0.25, 0.3) is 5.91 Å². The zero-order valence-electron chi connectivity index (χ0n) is 16.8. The lowest BCUT2D eigenvalue weighted by atomic mass is 9.85. The Morgan fingerprint density at radius 2 is 1.97 bits per heavy atom. The molecule has 2 unspecified atom stereocenters. The second-order valence-corrected chi connectivity index (χ2v) is 7.88. The van der Waals surface area contributed by atoms with Gasteiger partial charge in [0, 0.05) is 30.4 Å². The van der Waals surface area contributed by atoms with E-state index < -0.39 is 17.4 Å². The summed E-state index contributed by atoms with van der Waals surface area (Å²) in [7, 11) is 0. The Morgan fingerprint density at radius 3 is 2.63 bits per heavy atom. The fraction of sp³-hybridized carbons (Fsp3) is 0.292. The number of hydrogen-bond donors (Lipinski definition) is 2. The lowest BCUT2D eigenvalue weighted by Crippen LogP contribution is -2.53. The van der Waals surface area contributed by atoms with Gasteiger partial charge in [0.15, 0.2) is 5.78 Å². The van der Waals surface area contributed by atoms with Gasteiger partial charge in [-0.2, -0.15) is 0 Å². The van der Waals surface area contributed by atoms with Crippen molar-refractivity contribution in [1.82, 2.24) is 10.2 Å². The molecule has 154 valence electrons. The number of fused-ring (bicyclic) bond motifs is 1. The van der Waals surface area contributed by atoms with E-state index in [1.165, 1.54) is 6.08 Å². The first-order valence-corrected chi connectivity index (χ1v) is 10.2.